The third kappa shape index (κ3) is 6010. The summed E-state index contributed by atoms with van der Waals surface area (Å²) in [6.07, 6.45) is 0. The molecule has 0 aliphatic rings. The van der Waals surface area contributed by atoms with Gasteiger partial charge in [-0.2, -0.15) is 0 Å². The van der Waals surface area contributed by atoms with Crippen LogP contribution in [0.1, 0.15) is 0 Å². The lowest BCUT2D eigenvalue weighted by atomic mass is 14.0. The van der Waals surface area contributed by atoms with Crippen molar-refractivity contribution in [3.05, 3.63) is 0 Å². The first-order chi connectivity index (χ1) is 1.73. The molecule has 0 heterocycles. The predicted octanol–water partition coefficient (Wildman–Crippen LogP) is 0.136. The summed E-state index contributed by atoms with van der Waals surface area (Å²) in [6, 6.07) is 0. The van der Waals surface area contributed by atoms with Crippen LogP contribution < -0.4 is 11.0 Å². The highest BCUT2D eigenvalue weighted by molar-refractivity contribution is 7.29. The fourth-order valence-electron chi connectivity index (χ4n) is 0. The third-order valence-electron chi connectivity index (χ3n) is 0. The zero-order valence-corrected chi connectivity index (χ0v) is 3.24. The van der Waals surface area contributed by atoms with E-state index in [1.807, 2.05) is 0 Å². The molecule has 3 N–H and O–H groups in total. The standard InChI is InChI=1S/FO2P.H3N/c1-4(2)3;/h;1H3. The first-order valence-corrected chi connectivity index (χ1v) is 1.60. The molecule has 0 aromatic rings. The van der Waals surface area contributed by atoms with Crippen LogP contribution in [0.15, 0.2) is 0 Å². The second-order valence-corrected chi connectivity index (χ2v) is 0.638. The Hall–Kier alpha value is -0.0500. The van der Waals surface area contributed by atoms with E-state index in [1.54, 1.807) is 0 Å². The minimum Gasteiger partial charge on any atom is -0.562 e. The number of hydrogen-bond donors (Lipinski definition) is 1. The highest BCUT2D eigenvalue weighted by Gasteiger charge is 1.81. The van der Waals surface area contributed by atoms with Gasteiger partial charge in [0.25, 0.3) is 0 Å². The van der Waals surface area contributed by atoms with Crippen molar-refractivity contribution in [3.8, 4) is 0 Å². The summed E-state index contributed by atoms with van der Waals surface area (Å²) in [4.78, 5) is 8.37. The molecule has 0 spiro atoms. The third-order valence-corrected chi connectivity index (χ3v) is 0. The van der Waals surface area contributed by atoms with Gasteiger partial charge in [-0.05, 0) is 4.57 Å². The Balaban J connectivity index is 0. The maximum atomic E-state index is 9.95. The Labute approximate surface area is 29.4 Å². The van der Waals surface area contributed by atoms with Crippen molar-refractivity contribution >= 4 is 8.34 Å². The average Bonchev–Trinajstić information content (AvgIpc) is 0.811. The van der Waals surface area contributed by atoms with Gasteiger partial charge in [0.2, 0.25) is 0 Å². The fraction of sp³-hybridized carbons (Fsp3) is 0. The molecule has 0 bridgehead atoms. The van der Waals surface area contributed by atoms with Crippen LogP contribution in [0.3, 0.4) is 0 Å². The topological polar surface area (TPSA) is 75.1 Å². The van der Waals surface area contributed by atoms with Crippen LogP contribution in [-0.2, 0) is 4.57 Å². The lowest BCUT2D eigenvalue weighted by Crippen LogP contribution is -1.74. The van der Waals surface area contributed by atoms with E-state index in [2.05, 4.69) is 0 Å². The van der Waals surface area contributed by atoms with Gasteiger partial charge >= 0.3 is 8.34 Å². The largest absolute Gasteiger partial charge is 0.562 e. The fourth-order valence-corrected chi connectivity index (χ4v) is 0. The summed E-state index contributed by atoms with van der Waals surface area (Å²) in [5.74, 6) is 0. The molecule has 1 atom stereocenters. The number of halogens is 1. The highest BCUT2D eigenvalue weighted by Crippen LogP contribution is 2.03. The van der Waals surface area contributed by atoms with Gasteiger partial charge in [0.05, 0.1) is 4.20 Å². The van der Waals surface area contributed by atoms with E-state index in [4.69, 9.17) is 9.46 Å². The van der Waals surface area contributed by atoms with Crippen LogP contribution in [0, 0.1) is 0 Å². The van der Waals surface area contributed by atoms with Gasteiger partial charge < -0.3 is 11.0 Å². The van der Waals surface area contributed by atoms with Gasteiger partial charge in [0, 0.05) is 0 Å². The molecule has 0 amide bonds. The van der Waals surface area contributed by atoms with E-state index in [9.17, 15) is 4.20 Å². The van der Waals surface area contributed by atoms with Crippen LogP contribution in [0.2, 0.25) is 0 Å². The Morgan fingerprint density at radius 1 is 1.80 bits per heavy atom. The minimum atomic E-state index is -3.62. The summed E-state index contributed by atoms with van der Waals surface area (Å²) in [6.45, 7) is 0. The van der Waals surface area contributed by atoms with Crippen LogP contribution >= 0.6 is 8.34 Å². The Morgan fingerprint density at radius 2 is 1.80 bits per heavy atom. The van der Waals surface area contributed by atoms with Gasteiger partial charge in [0.1, 0.15) is 0 Å². The molecule has 5 heavy (non-hydrogen) atoms. The molecule has 0 aliphatic carbocycles. The van der Waals surface area contributed by atoms with Gasteiger partial charge in [-0.1, -0.05) is 0 Å². The molecule has 3 nitrogen and oxygen atoms in total. The summed E-state index contributed by atoms with van der Waals surface area (Å²) in [7, 11) is -3.62. The average molecular weight is 99.0 g/mol. The van der Waals surface area contributed by atoms with Gasteiger partial charge in [-0.25, -0.2) is 0 Å². The zero-order valence-electron chi connectivity index (χ0n) is 2.35. The molecule has 0 aliphatic heterocycles. The van der Waals surface area contributed by atoms with E-state index < -0.39 is 8.34 Å². The van der Waals surface area contributed by atoms with Crippen LogP contribution in [0.5, 0.6) is 0 Å². The second-order valence-electron chi connectivity index (χ2n) is 0.213. The molecule has 0 radical (unpaired) electrons. The van der Waals surface area contributed by atoms with E-state index in [0.717, 1.165) is 0 Å². The first-order valence-electron chi connectivity index (χ1n) is 0.534. The molecular formula is H3FNO2P. The summed E-state index contributed by atoms with van der Waals surface area (Å²) >= 11 is 0. The second kappa shape index (κ2) is 3.95. The molecule has 0 fully saturated rings. The van der Waals surface area contributed by atoms with E-state index in [1.165, 1.54) is 0 Å². The molecule has 5 heteroatoms. The van der Waals surface area contributed by atoms with Crippen molar-refractivity contribution in [2.75, 3.05) is 0 Å². The molecule has 1 unspecified atom stereocenters. The summed E-state index contributed by atoms with van der Waals surface area (Å²) in [5.41, 5.74) is 0. The smallest absolute Gasteiger partial charge is 0.540 e. The van der Waals surface area contributed by atoms with E-state index in [0.29, 0.717) is 0 Å². The van der Waals surface area contributed by atoms with Crippen molar-refractivity contribution in [2.24, 2.45) is 0 Å². The van der Waals surface area contributed by atoms with Crippen molar-refractivity contribution in [2.45, 2.75) is 0 Å². The molecule has 0 aromatic carbocycles. The Morgan fingerprint density at radius 3 is 1.80 bits per heavy atom. The van der Waals surface area contributed by atoms with Crippen molar-refractivity contribution in [3.63, 3.8) is 0 Å². The van der Waals surface area contributed by atoms with E-state index in [-0.39, 0.29) is 6.15 Å². The zero-order chi connectivity index (χ0) is 3.58. The lowest BCUT2D eigenvalue weighted by molar-refractivity contribution is -0.174. The molecule has 0 rings (SSSR count). The normalized spacial score (nSPS) is 8.80. The van der Waals surface area contributed by atoms with Crippen molar-refractivity contribution in [1.82, 2.24) is 6.15 Å². The summed E-state index contributed by atoms with van der Waals surface area (Å²) < 4.78 is 18.3. The van der Waals surface area contributed by atoms with Crippen LogP contribution in [-0.4, -0.2) is 0 Å². The highest BCUT2D eigenvalue weighted by atomic mass is 31.2. The van der Waals surface area contributed by atoms with Gasteiger partial charge in [-0.15, -0.1) is 0 Å². The van der Waals surface area contributed by atoms with Crippen LogP contribution in [0.25, 0.3) is 0 Å². The molecular weight excluding hydrogens is 96.0 g/mol. The maximum Gasteiger partial charge on any atom is 0.540 e. The number of hydrogen-bond acceptors (Lipinski definition) is 3. The first kappa shape index (κ1) is 8.87. The van der Waals surface area contributed by atoms with Crippen molar-refractivity contribution in [1.29, 1.82) is 0 Å². The molecule has 0 saturated carbocycles. The monoisotopic (exact) mass is 99.0 g/mol. The lowest BCUT2D eigenvalue weighted by Gasteiger charge is -1.50. The molecule has 0 aromatic heterocycles. The Kier molecular flexibility index (Phi) is 7.01. The SMILES string of the molecule is N.O=[P+]([O-])F. The number of rotatable bonds is 0. The molecule has 32 valence electrons. The predicted molar refractivity (Wildman–Crippen MR) is 13.7 cm³/mol. The van der Waals surface area contributed by atoms with Gasteiger partial charge in [-0.3, -0.25) is 0 Å². The van der Waals surface area contributed by atoms with Gasteiger partial charge in [0.15, 0.2) is 0 Å². The van der Waals surface area contributed by atoms with E-state index >= 15 is 0 Å². The van der Waals surface area contributed by atoms with Crippen molar-refractivity contribution < 1.29 is 13.7 Å². The minimum absolute atomic E-state index is 0. The quantitative estimate of drug-likeness (QED) is 0.438. The Bertz CT molecular complexity index is 32.6. The van der Waals surface area contributed by atoms with Crippen LogP contribution in [0.4, 0.5) is 4.20 Å². The molecule has 0 saturated heterocycles. The maximum absolute atomic E-state index is 9.95. The summed E-state index contributed by atoms with van der Waals surface area (Å²) in [5, 5.41) is 0.